The van der Waals surface area contributed by atoms with Crippen molar-refractivity contribution in [3.05, 3.63) is 41.7 Å². The molecule has 0 bridgehead atoms. The van der Waals surface area contributed by atoms with Gasteiger partial charge >= 0.3 is 0 Å². The Morgan fingerprint density at radius 1 is 1.35 bits per heavy atom. The van der Waals surface area contributed by atoms with Crippen molar-refractivity contribution in [2.24, 2.45) is 4.99 Å². The first-order chi connectivity index (χ1) is 9.47. The van der Waals surface area contributed by atoms with Crippen LogP contribution in [0.5, 0.6) is 0 Å². The normalized spacial score (nSPS) is 19.2. The molecule has 7 heteroatoms. The van der Waals surface area contributed by atoms with Gasteiger partial charge in [0.2, 0.25) is 5.78 Å². The molecule has 0 saturated heterocycles. The maximum atomic E-state index is 11.9. The number of alkyl halides is 3. The third kappa shape index (κ3) is 2.39. The highest BCUT2D eigenvalue weighted by Crippen LogP contribution is 2.32. The molecule has 4 nitrogen and oxygen atoms in total. The van der Waals surface area contributed by atoms with Crippen molar-refractivity contribution in [1.82, 2.24) is 4.90 Å². The Labute approximate surface area is 131 Å². The zero-order valence-electron chi connectivity index (χ0n) is 10.2. The molecule has 104 valence electrons. The minimum atomic E-state index is -1.96. The predicted octanol–water partition coefficient (Wildman–Crippen LogP) is 2.96. The number of hydrogen-bond donors (Lipinski definition) is 1. The fraction of sp³-hybridized carbons (Fsp3) is 0.231. The summed E-state index contributed by atoms with van der Waals surface area (Å²) in [4.78, 5) is 18.2. The molecule has 0 radical (unpaired) electrons. The van der Waals surface area contributed by atoms with Gasteiger partial charge in [-0.15, -0.1) is 0 Å². The molecule has 0 aliphatic carbocycles. The fourth-order valence-electron chi connectivity index (χ4n) is 2.22. The number of benzene rings is 1. The maximum Gasteiger partial charge on any atom is 0.252 e. The number of nitrogens with zero attached hydrogens (tertiary/aromatic N) is 2. The van der Waals surface area contributed by atoms with Crippen molar-refractivity contribution < 1.29 is 4.79 Å². The van der Waals surface area contributed by atoms with Gasteiger partial charge in [0.05, 0.1) is 12.2 Å². The summed E-state index contributed by atoms with van der Waals surface area (Å²) in [5, 5.41) is 3.18. The van der Waals surface area contributed by atoms with Crippen LogP contribution in [0.2, 0.25) is 0 Å². The molecule has 0 aromatic heterocycles. The number of anilines is 1. The van der Waals surface area contributed by atoms with Crippen molar-refractivity contribution in [3.8, 4) is 0 Å². The lowest BCUT2D eigenvalue weighted by molar-refractivity contribution is -0.113. The van der Waals surface area contributed by atoms with Gasteiger partial charge in [0.25, 0.3) is 3.79 Å². The summed E-state index contributed by atoms with van der Waals surface area (Å²) in [6, 6.07) is 7.75. The molecule has 0 unspecified atom stereocenters. The summed E-state index contributed by atoms with van der Waals surface area (Å²) in [5.41, 5.74) is 1.89. The van der Waals surface area contributed by atoms with Crippen LogP contribution in [-0.2, 0) is 4.79 Å². The van der Waals surface area contributed by atoms with Crippen LogP contribution in [0.25, 0.3) is 0 Å². The summed E-state index contributed by atoms with van der Waals surface area (Å²) >= 11 is 16.8. The molecular weight excluding hydrogens is 321 g/mol. The Balaban J connectivity index is 2.02. The van der Waals surface area contributed by atoms with Crippen molar-refractivity contribution in [3.63, 3.8) is 0 Å². The number of hydrogen-bond acceptors (Lipinski definition) is 4. The van der Waals surface area contributed by atoms with Crippen molar-refractivity contribution in [2.75, 3.05) is 18.4 Å². The number of ketones is 1. The van der Waals surface area contributed by atoms with Gasteiger partial charge < -0.3 is 10.2 Å². The number of aliphatic imine (C=N–C) groups is 1. The van der Waals surface area contributed by atoms with Gasteiger partial charge in [0.1, 0.15) is 11.7 Å². The third-order valence-corrected chi connectivity index (χ3v) is 3.67. The second kappa shape index (κ2) is 4.95. The molecule has 0 spiro atoms. The van der Waals surface area contributed by atoms with Crippen LogP contribution in [0.3, 0.4) is 0 Å². The molecule has 20 heavy (non-hydrogen) atoms. The number of rotatable bonds is 1. The van der Waals surface area contributed by atoms with Crippen molar-refractivity contribution in [2.45, 2.75) is 3.79 Å². The Bertz CT molecular complexity index is 634. The number of allylic oxidation sites excluding steroid dienone is 1. The van der Waals surface area contributed by atoms with E-state index in [1.165, 1.54) is 6.08 Å². The lowest BCUT2D eigenvalue weighted by Gasteiger charge is -2.31. The summed E-state index contributed by atoms with van der Waals surface area (Å²) in [6.45, 7) is 1.36. The smallest absolute Gasteiger partial charge is 0.252 e. The molecule has 1 aromatic rings. The topological polar surface area (TPSA) is 44.7 Å². The largest absolute Gasteiger partial charge is 0.341 e. The van der Waals surface area contributed by atoms with Gasteiger partial charge in [-0.25, -0.2) is 0 Å². The molecule has 2 aliphatic heterocycles. The van der Waals surface area contributed by atoms with Gasteiger partial charge in [0.15, 0.2) is 0 Å². The van der Waals surface area contributed by atoms with Gasteiger partial charge in [0, 0.05) is 18.2 Å². The monoisotopic (exact) mass is 329 g/mol. The highest BCUT2D eigenvalue weighted by Gasteiger charge is 2.33. The number of carbonyl (C=O) groups excluding carboxylic acids is 1. The van der Waals surface area contributed by atoms with Crippen LogP contribution < -0.4 is 5.32 Å². The van der Waals surface area contributed by atoms with E-state index in [0.29, 0.717) is 18.9 Å². The SMILES string of the molecule is O=C(C=C1Nc2ccccc2C2=NCCN12)C(Cl)(Cl)Cl. The van der Waals surface area contributed by atoms with Crippen molar-refractivity contribution >= 4 is 52.1 Å². The minimum absolute atomic E-state index is 0.580. The molecule has 1 aromatic carbocycles. The lowest BCUT2D eigenvalue weighted by atomic mass is 10.1. The van der Waals surface area contributed by atoms with E-state index < -0.39 is 9.58 Å². The van der Waals surface area contributed by atoms with Crippen LogP contribution in [0.1, 0.15) is 5.56 Å². The molecule has 0 saturated carbocycles. The average molecular weight is 331 g/mol. The summed E-state index contributed by atoms with van der Waals surface area (Å²) in [7, 11) is 0. The van der Waals surface area contributed by atoms with E-state index in [1.807, 2.05) is 29.2 Å². The third-order valence-electron chi connectivity index (χ3n) is 3.11. The first-order valence-electron chi connectivity index (χ1n) is 5.98. The van der Waals surface area contributed by atoms with E-state index >= 15 is 0 Å². The van der Waals surface area contributed by atoms with Crippen LogP contribution in [0.15, 0.2) is 41.2 Å². The lowest BCUT2D eigenvalue weighted by Crippen LogP contribution is -2.37. The molecule has 2 aliphatic rings. The van der Waals surface area contributed by atoms with E-state index in [2.05, 4.69) is 10.3 Å². The second-order valence-electron chi connectivity index (χ2n) is 4.42. The zero-order valence-corrected chi connectivity index (χ0v) is 12.5. The molecule has 1 N–H and O–H groups in total. The van der Waals surface area contributed by atoms with E-state index in [1.54, 1.807) is 0 Å². The molecule has 0 amide bonds. The number of nitrogens with one attached hydrogen (secondary N) is 1. The molecular formula is C13H10Cl3N3O. The van der Waals surface area contributed by atoms with Crippen LogP contribution in [0, 0.1) is 0 Å². The quantitative estimate of drug-likeness (QED) is 0.636. The number of halogens is 3. The Kier molecular flexibility index (Phi) is 3.40. The Morgan fingerprint density at radius 2 is 2.10 bits per heavy atom. The summed E-state index contributed by atoms with van der Waals surface area (Å²) in [6.07, 6.45) is 1.31. The molecule has 0 fully saturated rings. The number of amidine groups is 1. The minimum Gasteiger partial charge on any atom is -0.341 e. The highest BCUT2D eigenvalue weighted by atomic mass is 35.6. The number of fused-ring (bicyclic) bond motifs is 3. The van der Waals surface area contributed by atoms with Gasteiger partial charge in [-0.1, -0.05) is 46.9 Å². The number of para-hydroxylation sites is 1. The van der Waals surface area contributed by atoms with E-state index in [4.69, 9.17) is 34.8 Å². The molecule has 0 atom stereocenters. The van der Waals surface area contributed by atoms with Crippen molar-refractivity contribution in [1.29, 1.82) is 0 Å². The molecule has 2 heterocycles. The Morgan fingerprint density at radius 3 is 2.85 bits per heavy atom. The average Bonchev–Trinajstić information content (AvgIpc) is 2.87. The van der Waals surface area contributed by atoms with E-state index in [9.17, 15) is 4.79 Å². The second-order valence-corrected chi connectivity index (χ2v) is 6.70. The predicted molar refractivity (Wildman–Crippen MR) is 81.6 cm³/mol. The molecule has 3 rings (SSSR count). The standard InChI is InChI=1S/C13H10Cl3N3O/c14-13(15,16)10(20)7-11-18-9-4-2-1-3-8(9)12-17-5-6-19(11)12/h1-4,7,18H,5-6H2. The summed E-state index contributed by atoms with van der Waals surface area (Å²) in [5.74, 6) is 0.828. The number of carbonyl (C=O) groups is 1. The van der Waals surface area contributed by atoms with Gasteiger partial charge in [-0.05, 0) is 12.1 Å². The zero-order chi connectivity index (χ0) is 14.3. The van der Waals surface area contributed by atoms with Crippen LogP contribution in [0.4, 0.5) is 5.69 Å². The van der Waals surface area contributed by atoms with Gasteiger partial charge in [-0.3, -0.25) is 9.79 Å². The van der Waals surface area contributed by atoms with Crippen LogP contribution >= 0.6 is 34.8 Å². The first-order valence-corrected chi connectivity index (χ1v) is 7.11. The Hall–Kier alpha value is -1.23. The fourth-order valence-corrected chi connectivity index (χ4v) is 2.39. The van der Waals surface area contributed by atoms with E-state index in [0.717, 1.165) is 17.1 Å². The first kappa shape index (κ1) is 13.7. The van der Waals surface area contributed by atoms with Gasteiger partial charge in [-0.2, -0.15) is 0 Å². The maximum absolute atomic E-state index is 11.9. The highest BCUT2D eigenvalue weighted by molar-refractivity contribution is 6.77. The van der Waals surface area contributed by atoms with Crippen LogP contribution in [-0.4, -0.2) is 33.4 Å². The van der Waals surface area contributed by atoms with E-state index in [-0.39, 0.29) is 0 Å². The summed E-state index contributed by atoms with van der Waals surface area (Å²) < 4.78 is -1.96.